The van der Waals surface area contributed by atoms with Crippen LogP contribution in [0.2, 0.25) is 0 Å². The summed E-state index contributed by atoms with van der Waals surface area (Å²) in [5, 5.41) is 5.06. The van der Waals surface area contributed by atoms with E-state index in [0.29, 0.717) is 27.7 Å². The number of carboxylic acid groups (broad SMARTS) is 1. The van der Waals surface area contributed by atoms with E-state index < -0.39 is 43.5 Å². The van der Waals surface area contributed by atoms with E-state index in [2.05, 4.69) is 0 Å². The Hall–Kier alpha value is -2.88. The molecule has 30 heavy (non-hydrogen) atoms. The van der Waals surface area contributed by atoms with Gasteiger partial charge in [-0.3, -0.25) is 4.79 Å². The number of hydrogen-bond donors (Lipinski definition) is 1. The standard InChI is InChI=1S/C20H15F4NO4S/c1-10-14(15-8-12(21)3-5-16(15)25(10)9-18(26)27)6-11-2-4-13-17(7-11)30(28,29)20(23,24)19(13)22/h2-5,7-8,19H,6,9H2,1H3,(H,26,27). The normalized spacial score (nSPS) is 19.2. The monoisotopic (exact) mass is 441 g/mol. The number of rotatable bonds is 4. The van der Waals surface area contributed by atoms with E-state index in [4.69, 9.17) is 0 Å². The van der Waals surface area contributed by atoms with Gasteiger partial charge < -0.3 is 9.67 Å². The molecule has 0 fully saturated rings. The number of sulfone groups is 1. The molecule has 1 aromatic heterocycles. The van der Waals surface area contributed by atoms with Crippen molar-refractivity contribution >= 4 is 26.7 Å². The maximum Gasteiger partial charge on any atom is 0.384 e. The first kappa shape index (κ1) is 20.4. The largest absolute Gasteiger partial charge is 0.480 e. The highest BCUT2D eigenvalue weighted by Gasteiger charge is 2.61. The Morgan fingerprint density at radius 1 is 1.20 bits per heavy atom. The summed E-state index contributed by atoms with van der Waals surface area (Å²) in [5.74, 6) is -1.65. The summed E-state index contributed by atoms with van der Waals surface area (Å²) in [6, 6.07) is 7.20. The Morgan fingerprint density at radius 2 is 1.90 bits per heavy atom. The lowest BCUT2D eigenvalue weighted by Gasteiger charge is -2.09. The van der Waals surface area contributed by atoms with Gasteiger partial charge in [0.25, 0.3) is 0 Å². The average Bonchev–Trinajstić information content (AvgIpc) is 2.98. The van der Waals surface area contributed by atoms with Crippen LogP contribution in [0.1, 0.15) is 28.6 Å². The lowest BCUT2D eigenvalue weighted by molar-refractivity contribution is -0.137. The number of alkyl halides is 3. The van der Waals surface area contributed by atoms with Crippen LogP contribution >= 0.6 is 0 Å². The highest BCUT2D eigenvalue weighted by Crippen LogP contribution is 2.51. The molecule has 0 spiro atoms. The second-order valence-corrected chi connectivity index (χ2v) is 9.17. The van der Waals surface area contributed by atoms with Crippen LogP contribution in [0.15, 0.2) is 41.3 Å². The van der Waals surface area contributed by atoms with E-state index in [9.17, 15) is 35.9 Å². The van der Waals surface area contributed by atoms with Gasteiger partial charge in [0.05, 0.1) is 4.90 Å². The molecule has 0 bridgehead atoms. The van der Waals surface area contributed by atoms with E-state index in [0.717, 1.165) is 12.1 Å². The number of carboxylic acids is 1. The fourth-order valence-electron chi connectivity index (χ4n) is 3.88. The van der Waals surface area contributed by atoms with Crippen molar-refractivity contribution < 1.29 is 35.9 Å². The zero-order valence-electron chi connectivity index (χ0n) is 15.5. The van der Waals surface area contributed by atoms with Crippen molar-refractivity contribution in [3.05, 3.63) is 64.6 Å². The molecule has 158 valence electrons. The molecule has 4 rings (SSSR count). The second kappa shape index (κ2) is 6.56. The van der Waals surface area contributed by atoms with Crippen LogP contribution in [-0.2, 0) is 27.6 Å². The van der Waals surface area contributed by atoms with E-state index >= 15 is 0 Å². The van der Waals surface area contributed by atoms with Gasteiger partial charge in [0.15, 0.2) is 0 Å². The van der Waals surface area contributed by atoms with E-state index in [-0.39, 0.29) is 13.0 Å². The van der Waals surface area contributed by atoms with E-state index in [1.54, 1.807) is 6.92 Å². The van der Waals surface area contributed by atoms with Crippen LogP contribution in [0.5, 0.6) is 0 Å². The number of aromatic nitrogens is 1. The van der Waals surface area contributed by atoms with Gasteiger partial charge in [0, 0.05) is 22.2 Å². The Labute approximate surface area is 168 Å². The number of carbonyl (C=O) groups is 1. The number of fused-ring (bicyclic) bond motifs is 2. The first-order valence-corrected chi connectivity index (χ1v) is 10.3. The van der Waals surface area contributed by atoms with Crippen LogP contribution in [0.3, 0.4) is 0 Å². The topological polar surface area (TPSA) is 76.4 Å². The van der Waals surface area contributed by atoms with Gasteiger partial charge in [-0.1, -0.05) is 12.1 Å². The maximum atomic E-state index is 14.0. The smallest absolute Gasteiger partial charge is 0.384 e. The molecular weight excluding hydrogens is 426 g/mol. The lowest BCUT2D eigenvalue weighted by Crippen LogP contribution is -2.26. The number of hydrogen-bond acceptors (Lipinski definition) is 3. The van der Waals surface area contributed by atoms with Gasteiger partial charge in [0.2, 0.25) is 16.0 Å². The Bertz CT molecular complexity index is 1310. The van der Waals surface area contributed by atoms with Gasteiger partial charge in [0.1, 0.15) is 12.4 Å². The summed E-state index contributed by atoms with van der Waals surface area (Å²) in [7, 11) is -5.17. The molecule has 3 aromatic rings. The average molecular weight is 441 g/mol. The summed E-state index contributed by atoms with van der Waals surface area (Å²) in [5.41, 5.74) is 1.19. The van der Waals surface area contributed by atoms with Crippen molar-refractivity contribution in [3.63, 3.8) is 0 Å². The molecule has 2 heterocycles. The lowest BCUT2D eigenvalue weighted by atomic mass is 10.00. The van der Waals surface area contributed by atoms with E-state index in [1.807, 2.05) is 0 Å². The quantitative estimate of drug-likeness (QED) is 0.617. The molecular formula is C20H15F4NO4S. The Balaban J connectivity index is 1.85. The zero-order valence-corrected chi connectivity index (χ0v) is 16.3. The molecule has 1 unspecified atom stereocenters. The van der Waals surface area contributed by atoms with Crippen molar-refractivity contribution in [2.24, 2.45) is 0 Å². The summed E-state index contributed by atoms with van der Waals surface area (Å²) < 4.78 is 81.1. The minimum atomic E-state index is -5.17. The molecule has 0 aliphatic carbocycles. The first-order chi connectivity index (χ1) is 13.9. The Kier molecular flexibility index (Phi) is 4.46. The van der Waals surface area contributed by atoms with Crippen molar-refractivity contribution in [3.8, 4) is 0 Å². The SMILES string of the molecule is Cc1c(Cc2ccc3c(c2)S(=O)(=O)C(F)(F)C3F)c2cc(F)ccc2n1CC(=O)O. The summed E-state index contributed by atoms with van der Waals surface area (Å²) in [6.45, 7) is 1.26. The molecule has 0 saturated carbocycles. The van der Waals surface area contributed by atoms with Crippen LogP contribution in [0, 0.1) is 12.7 Å². The van der Waals surface area contributed by atoms with Gasteiger partial charge in [-0.15, -0.1) is 0 Å². The van der Waals surface area contributed by atoms with Crippen LogP contribution in [0.4, 0.5) is 17.6 Å². The molecule has 10 heteroatoms. The van der Waals surface area contributed by atoms with Gasteiger partial charge in [-0.05, 0) is 48.7 Å². The number of halogens is 4. The minimum Gasteiger partial charge on any atom is -0.480 e. The third-order valence-corrected chi connectivity index (χ3v) is 7.24. The second-order valence-electron chi connectivity index (χ2n) is 7.18. The third-order valence-electron chi connectivity index (χ3n) is 5.38. The molecule has 1 aliphatic rings. The van der Waals surface area contributed by atoms with Crippen molar-refractivity contribution in [1.82, 2.24) is 4.57 Å². The van der Waals surface area contributed by atoms with Crippen molar-refractivity contribution in [2.75, 3.05) is 0 Å². The summed E-state index contributed by atoms with van der Waals surface area (Å²) >= 11 is 0. The highest BCUT2D eigenvalue weighted by molar-refractivity contribution is 7.92. The zero-order chi connectivity index (χ0) is 22.0. The molecule has 1 N–H and O–H groups in total. The molecule has 1 aliphatic heterocycles. The van der Waals surface area contributed by atoms with Crippen molar-refractivity contribution in [1.29, 1.82) is 0 Å². The Morgan fingerprint density at radius 3 is 2.57 bits per heavy atom. The number of benzene rings is 2. The predicted octanol–water partition coefficient (Wildman–Crippen LogP) is 4.15. The van der Waals surface area contributed by atoms with Gasteiger partial charge in [-0.25, -0.2) is 17.2 Å². The van der Waals surface area contributed by atoms with Crippen LogP contribution in [-0.4, -0.2) is 29.3 Å². The fraction of sp³-hybridized carbons (Fsp3) is 0.250. The molecule has 0 amide bonds. The molecule has 2 aromatic carbocycles. The first-order valence-electron chi connectivity index (χ1n) is 8.83. The number of nitrogens with zero attached hydrogens (tertiary/aromatic N) is 1. The molecule has 1 atom stereocenters. The summed E-state index contributed by atoms with van der Waals surface area (Å²) in [4.78, 5) is 10.5. The van der Waals surface area contributed by atoms with Crippen LogP contribution < -0.4 is 0 Å². The predicted molar refractivity (Wildman–Crippen MR) is 99.5 cm³/mol. The van der Waals surface area contributed by atoms with Crippen LogP contribution in [0.25, 0.3) is 10.9 Å². The van der Waals surface area contributed by atoms with Gasteiger partial charge in [-0.2, -0.15) is 8.78 Å². The maximum absolute atomic E-state index is 14.0. The molecule has 5 nitrogen and oxygen atoms in total. The number of aliphatic carboxylic acids is 1. The molecule has 0 radical (unpaired) electrons. The molecule has 0 saturated heterocycles. The fourth-order valence-corrected chi connectivity index (χ4v) is 5.37. The van der Waals surface area contributed by atoms with Crippen molar-refractivity contribution in [2.45, 2.75) is 36.2 Å². The van der Waals surface area contributed by atoms with E-state index in [1.165, 1.54) is 28.8 Å². The highest BCUT2D eigenvalue weighted by atomic mass is 32.2. The third kappa shape index (κ3) is 2.81. The van der Waals surface area contributed by atoms with Gasteiger partial charge >= 0.3 is 11.2 Å². The minimum absolute atomic E-state index is 0.0176. The summed E-state index contributed by atoms with van der Waals surface area (Å²) in [6.07, 6.45) is -2.93.